The first-order chi connectivity index (χ1) is 13.7. The number of methoxy groups -OCH3 is 1. The fraction of sp³-hybridized carbons (Fsp3) is 0.250. The predicted molar refractivity (Wildman–Crippen MR) is 112 cm³/mol. The predicted octanol–water partition coefficient (Wildman–Crippen LogP) is 3.97. The smallest absolute Gasteiger partial charge is 0.230 e. The molecule has 146 valence electrons. The Labute approximate surface area is 173 Å². The maximum atomic E-state index is 12.0. The Kier molecular flexibility index (Phi) is 7.33. The number of H-pyrrole nitrogens is 1. The van der Waals surface area contributed by atoms with Gasteiger partial charge in [0.05, 0.1) is 18.4 Å². The Morgan fingerprint density at radius 2 is 2.07 bits per heavy atom. The van der Waals surface area contributed by atoms with Gasteiger partial charge in [0.1, 0.15) is 5.75 Å². The van der Waals surface area contributed by atoms with Crippen LogP contribution in [0.4, 0.5) is 0 Å². The molecule has 0 bridgehead atoms. The van der Waals surface area contributed by atoms with Crippen LogP contribution in [0.25, 0.3) is 11.4 Å². The topological polar surface area (TPSA) is 79.9 Å². The van der Waals surface area contributed by atoms with E-state index in [1.807, 2.05) is 18.2 Å². The number of aryl methyl sites for hydroxylation is 1. The molecule has 0 saturated heterocycles. The number of nitrogens with one attached hydrogen (secondary N) is 2. The number of nitrogens with zero attached hydrogens (tertiary/aromatic N) is 2. The Bertz CT molecular complexity index is 918. The van der Waals surface area contributed by atoms with Crippen LogP contribution in [0.5, 0.6) is 5.75 Å². The van der Waals surface area contributed by atoms with Crippen molar-refractivity contribution in [2.24, 2.45) is 0 Å². The third-order valence-corrected chi connectivity index (χ3v) is 5.10. The zero-order valence-corrected chi connectivity index (χ0v) is 17.0. The van der Waals surface area contributed by atoms with Crippen LogP contribution in [0.3, 0.4) is 0 Å². The number of carbonyl (C=O) groups is 1. The minimum absolute atomic E-state index is 0.0373. The summed E-state index contributed by atoms with van der Waals surface area (Å²) in [7, 11) is 1.58. The molecular formula is C20H21ClN4O2S. The quantitative estimate of drug-likeness (QED) is 0.407. The van der Waals surface area contributed by atoms with E-state index in [-0.39, 0.29) is 11.7 Å². The summed E-state index contributed by atoms with van der Waals surface area (Å²) in [6, 6.07) is 15.5. The van der Waals surface area contributed by atoms with Gasteiger partial charge in [0.2, 0.25) is 11.1 Å². The van der Waals surface area contributed by atoms with Gasteiger partial charge in [0, 0.05) is 11.6 Å². The monoisotopic (exact) mass is 416 g/mol. The highest BCUT2D eigenvalue weighted by atomic mass is 35.5. The maximum Gasteiger partial charge on any atom is 0.230 e. The Balaban J connectivity index is 1.45. The highest BCUT2D eigenvalue weighted by Gasteiger charge is 2.13. The number of halogens is 1. The normalized spacial score (nSPS) is 10.6. The summed E-state index contributed by atoms with van der Waals surface area (Å²) in [6.07, 6.45) is 1.85. The fourth-order valence-electron chi connectivity index (χ4n) is 2.64. The van der Waals surface area contributed by atoms with Gasteiger partial charge in [0.25, 0.3) is 0 Å². The summed E-state index contributed by atoms with van der Waals surface area (Å²) in [6.45, 7) is 0.646. The Hall–Kier alpha value is -2.51. The van der Waals surface area contributed by atoms with Crippen LogP contribution in [0.15, 0.2) is 53.7 Å². The zero-order chi connectivity index (χ0) is 19.8. The van der Waals surface area contributed by atoms with Crippen LogP contribution in [-0.4, -0.2) is 40.5 Å². The van der Waals surface area contributed by atoms with Gasteiger partial charge in [-0.05, 0) is 36.6 Å². The van der Waals surface area contributed by atoms with Crippen molar-refractivity contribution in [1.29, 1.82) is 0 Å². The van der Waals surface area contributed by atoms with Crippen molar-refractivity contribution in [3.8, 4) is 17.1 Å². The number of rotatable bonds is 9. The SMILES string of the molecule is COc1ccc(Cl)cc1-c1nc(SCC(=O)NCCCc2ccccc2)n[nH]1. The molecule has 0 saturated carbocycles. The molecule has 0 unspecified atom stereocenters. The number of aromatic nitrogens is 3. The van der Waals surface area contributed by atoms with Gasteiger partial charge < -0.3 is 10.1 Å². The number of aromatic amines is 1. The minimum atomic E-state index is -0.0373. The van der Waals surface area contributed by atoms with Crippen molar-refractivity contribution in [2.75, 3.05) is 19.4 Å². The number of carbonyl (C=O) groups excluding carboxylic acids is 1. The Morgan fingerprint density at radius 3 is 2.86 bits per heavy atom. The summed E-state index contributed by atoms with van der Waals surface area (Å²) in [5.41, 5.74) is 2.00. The van der Waals surface area contributed by atoms with Crippen LogP contribution in [-0.2, 0) is 11.2 Å². The first kappa shape index (κ1) is 20.2. The van der Waals surface area contributed by atoms with Gasteiger partial charge in [-0.1, -0.05) is 53.7 Å². The molecule has 1 amide bonds. The van der Waals surface area contributed by atoms with Crippen molar-refractivity contribution < 1.29 is 9.53 Å². The fourth-order valence-corrected chi connectivity index (χ4v) is 3.44. The lowest BCUT2D eigenvalue weighted by molar-refractivity contribution is -0.118. The average Bonchev–Trinajstić information content (AvgIpc) is 3.19. The second-order valence-corrected chi connectivity index (χ2v) is 7.42. The second kappa shape index (κ2) is 10.1. The number of ether oxygens (including phenoxy) is 1. The highest BCUT2D eigenvalue weighted by Crippen LogP contribution is 2.31. The molecule has 2 N–H and O–H groups in total. The largest absolute Gasteiger partial charge is 0.496 e. The molecule has 1 aromatic heterocycles. The molecule has 0 spiro atoms. The molecule has 3 rings (SSSR count). The van der Waals surface area contributed by atoms with E-state index in [9.17, 15) is 4.79 Å². The summed E-state index contributed by atoms with van der Waals surface area (Å²) in [4.78, 5) is 16.4. The first-order valence-corrected chi connectivity index (χ1v) is 10.2. The van der Waals surface area contributed by atoms with E-state index in [2.05, 4.69) is 32.6 Å². The lowest BCUT2D eigenvalue weighted by Crippen LogP contribution is -2.26. The summed E-state index contributed by atoms with van der Waals surface area (Å²) in [5.74, 6) is 1.41. The molecule has 6 nitrogen and oxygen atoms in total. The van der Waals surface area contributed by atoms with E-state index in [1.165, 1.54) is 17.3 Å². The molecule has 28 heavy (non-hydrogen) atoms. The van der Waals surface area contributed by atoms with E-state index >= 15 is 0 Å². The van der Waals surface area contributed by atoms with Gasteiger partial charge in [-0.2, -0.15) is 0 Å². The molecule has 0 aliphatic heterocycles. The lowest BCUT2D eigenvalue weighted by atomic mass is 10.1. The highest BCUT2D eigenvalue weighted by molar-refractivity contribution is 7.99. The van der Waals surface area contributed by atoms with Crippen molar-refractivity contribution in [3.05, 3.63) is 59.1 Å². The van der Waals surface area contributed by atoms with Crippen molar-refractivity contribution >= 4 is 29.3 Å². The molecule has 2 aromatic carbocycles. The van der Waals surface area contributed by atoms with Crippen LogP contribution in [0.1, 0.15) is 12.0 Å². The van der Waals surface area contributed by atoms with Crippen LogP contribution in [0, 0.1) is 0 Å². The van der Waals surface area contributed by atoms with Crippen molar-refractivity contribution in [1.82, 2.24) is 20.5 Å². The Morgan fingerprint density at radius 1 is 1.25 bits per heavy atom. The third kappa shape index (κ3) is 5.74. The van der Waals surface area contributed by atoms with E-state index in [0.29, 0.717) is 28.3 Å². The molecule has 8 heteroatoms. The van der Waals surface area contributed by atoms with Gasteiger partial charge in [-0.15, -0.1) is 5.10 Å². The zero-order valence-electron chi connectivity index (χ0n) is 15.4. The van der Waals surface area contributed by atoms with Crippen LogP contribution < -0.4 is 10.1 Å². The van der Waals surface area contributed by atoms with Gasteiger partial charge in [0.15, 0.2) is 5.82 Å². The standard InChI is InChI=1S/C20H21ClN4O2S/c1-27-17-10-9-15(21)12-16(17)19-23-20(25-24-19)28-13-18(26)22-11-5-8-14-6-3-2-4-7-14/h2-4,6-7,9-10,12H,5,8,11,13H2,1H3,(H,22,26)(H,23,24,25). The minimum Gasteiger partial charge on any atom is -0.496 e. The lowest BCUT2D eigenvalue weighted by Gasteiger charge is -2.05. The number of hydrogen-bond acceptors (Lipinski definition) is 5. The molecule has 3 aromatic rings. The number of benzene rings is 2. The maximum absolute atomic E-state index is 12.0. The van der Waals surface area contributed by atoms with Gasteiger partial charge in [-0.25, -0.2) is 4.98 Å². The van der Waals surface area contributed by atoms with Crippen molar-refractivity contribution in [3.63, 3.8) is 0 Å². The molecule has 0 aliphatic rings. The van der Waals surface area contributed by atoms with E-state index in [1.54, 1.807) is 25.3 Å². The molecule has 0 fully saturated rings. The number of hydrogen-bond donors (Lipinski definition) is 2. The summed E-state index contributed by atoms with van der Waals surface area (Å²) < 4.78 is 5.33. The van der Waals surface area contributed by atoms with Crippen LogP contribution in [0.2, 0.25) is 5.02 Å². The molecule has 0 aliphatic carbocycles. The van der Waals surface area contributed by atoms with Gasteiger partial charge in [-0.3, -0.25) is 9.89 Å². The van der Waals surface area contributed by atoms with Crippen LogP contribution >= 0.6 is 23.4 Å². The summed E-state index contributed by atoms with van der Waals surface area (Å²) >= 11 is 7.33. The summed E-state index contributed by atoms with van der Waals surface area (Å²) in [5, 5.41) is 11.0. The van der Waals surface area contributed by atoms with Gasteiger partial charge >= 0.3 is 0 Å². The number of thioether (sulfide) groups is 1. The second-order valence-electron chi connectivity index (χ2n) is 6.04. The third-order valence-electron chi connectivity index (χ3n) is 4.02. The van der Waals surface area contributed by atoms with Crippen molar-refractivity contribution in [2.45, 2.75) is 18.0 Å². The molecular weight excluding hydrogens is 396 g/mol. The first-order valence-electron chi connectivity index (χ1n) is 8.85. The number of amides is 1. The van der Waals surface area contributed by atoms with E-state index < -0.39 is 0 Å². The molecule has 0 atom stereocenters. The van der Waals surface area contributed by atoms with E-state index in [0.717, 1.165) is 18.4 Å². The van der Waals surface area contributed by atoms with E-state index in [4.69, 9.17) is 16.3 Å². The molecule has 0 radical (unpaired) electrons. The molecule has 1 heterocycles. The average molecular weight is 417 g/mol.